The minimum atomic E-state index is -0.153. The number of likely N-dealkylation sites (tertiary alicyclic amines) is 1. The van der Waals surface area contributed by atoms with Gasteiger partial charge in [-0.3, -0.25) is 9.59 Å². The molecular formula is C11H18N2O2. The Balaban J connectivity index is 2.02. The monoisotopic (exact) mass is 210 g/mol. The number of rotatable bonds is 2. The van der Waals surface area contributed by atoms with Crippen molar-refractivity contribution in [3.05, 3.63) is 0 Å². The molecule has 2 aliphatic heterocycles. The first-order valence-electron chi connectivity index (χ1n) is 5.74. The van der Waals surface area contributed by atoms with Gasteiger partial charge < -0.3 is 10.2 Å². The number of ketones is 1. The molecule has 2 atom stereocenters. The van der Waals surface area contributed by atoms with E-state index in [-0.39, 0.29) is 23.8 Å². The van der Waals surface area contributed by atoms with Gasteiger partial charge in [-0.05, 0) is 39.2 Å². The van der Waals surface area contributed by atoms with Gasteiger partial charge in [0.15, 0.2) is 5.78 Å². The number of hydrogen-bond donors (Lipinski definition) is 1. The van der Waals surface area contributed by atoms with Gasteiger partial charge in [-0.1, -0.05) is 0 Å². The average molecular weight is 210 g/mol. The Hall–Kier alpha value is -0.900. The highest BCUT2D eigenvalue weighted by molar-refractivity contribution is 5.90. The van der Waals surface area contributed by atoms with Gasteiger partial charge in [0.1, 0.15) is 0 Å². The van der Waals surface area contributed by atoms with Crippen LogP contribution in [0.15, 0.2) is 0 Å². The zero-order valence-electron chi connectivity index (χ0n) is 9.16. The van der Waals surface area contributed by atoms with Gasteiger partial charge in [0.05, 0.1) is 12.1 Å². The number of amides is 1. The number of nitrogens with zero attached hydrogens (tertiary/aromatic N) is 1. The van der Waals surface area contributed by atoms with E-state index >= 15 is 0 Å². The average Bonchev–Trinajstić information content (AvgIpc) is 2.88. The molecule has 15 heavy (non-hydrogen) atoms. The number of nitrogens with one attached hydrogen (secondary N) is 1. The second-order valence-electron chi connectivity index (χ2n) is 4.45. The number of hydrogen-bond acceptors (Lipinski definition) is 3. The molecule has 0 aromatic rings. The van der Waals surface area contributed by atoms with Gasteiger partial charge in [0.25, 0.3) is 0 Å². The maximum absolute atomic E-state index is 12.1. The fraction of sp³-hybridized carbons (Fsp3) is 0.818. The van der Waals surface area contributed by atoms with E-state index in [2.05, 4.69) is 5.32 Å². The fourth-order valence-corrected chi connectivity index (χ4v) is 2.55. The normalized spacial score (nSPS) is 30.9. The minimum absolute atomic E-state index is 0.0371. The Morgan fingerprint density at radius 3 is 2.67 bits per heavy atom. The third kappa shape index (κ3) is 2.04. The van der Waals surface area contributed by atoms with Crippen molar-refractivity contribution in [1.82, 2.24) is 10.2 Å². The van der Waals surface area contributed by atoms with Crippen LogP contribution in [0.25, 0.3) is 0 Å². The smallest absolute Gasteiger partial charge is 0.240 e. The summed E-state index contributed by atoms with van der Waals surface area (Å²) in [4.78, 5) is 25.2. The first-order chi connectivity index (χ1) is 7.20. The summed E-state index contributed by atoms with van der Waals surface area (Å²) in [5.41, 5.74) is 0. The molecule has 2 heterocycles. The highest BCUT2D eigenvalue weighted by Crippen LogP contribution is 2.20. The molecule has 0 radical (unpaired) electrons. The van der Waals surface area contributed by atoms with E-state index in [1.165, 1.54) is 0 Å². The van der Waals surface area contributed by atoms with Crippen molar-refractivity contribution in [1.29, 1.82) is 0 Å². The highest BCUT2D eigenvalue weighted by Gasteiger charge is 2.35. The van der Waals surface area contributed by atoms with Gasteiger partial charge in [0.2, 0.25) is 5.91 Å². The van der Waals surface area contributed by atoms with E-state index in [0.29, 0.717) is 0 Å². The molecule has 0 bridgehead atoms. The van der Waals surface area contributed by atoms with Crippen molar-refractivity contribution in [2.75, 3.05) is 13.1 Å². The van der Waals surface area contributed by atoms with Crippen LogP contribution in [0.3, 0.4) is 0 Å². The number of carbonyl (C=O) groups is 2. The first kappa shape index (κ1) is 10.6. The fourth-order valence-electron chi connectivity index (χ4n) is 2.55. The molecule has 2 unspecified atom stereocenters. The number of carbonyl (C=O) groups excluding carboxylic acids is 2. The van der Waals surface area contributed by atoms with Crippen molar-refractivity contribution >= 4 is 11.7 Å². The van der Waals surface area contributed by atoms with Crippen molar-refractivity contribution in [3.63, 3.8) is 0 Å². The van der Waals surface area contributed by atoms with E-state index in [1.54, 1.807) is 11.8 Å². The standard InChI is InChI=1S/C11H18N2O2/c1-8(14)10-5-3-7-13(10)11(15)9-4-2-6-12-9/h9-10,12H,2-7H2,1H3. The molecular weight excluding hydrogens is 192 g/mol. The van der Waals surface area contributed by atoms with Crippen LogP contribution in [0, 0.1) is 0 Å². The van der Waals surface area contributed by atoms with Crippen molar-refractivity contribution in [3.8, 4) is 0 Å². The predicted octanol–water partition coefficient (Wildman–Crippen LogP) is 0.318. The molecule has 2 fully saturated rings. The second kappa shape index (κ2) is 4.31. The summed E-state index contributed by atoms with van der Waals surface area (Å²) in [6.45, 7) is 3.26. The maximum atomic E-state index is 12.1. The lowest BCUT2D eigenvalue weighted by molar-refractivity contribution is -0.138. The van der Waals surface area contributed by atoms with Crippen LogP contribution in [0.5, 0.6) is 0 Å². The Labute approximate surface area is 90.0 Å². The summed E-state index contributed by atoms with van der Waals surface area (Å²) in [5, 5.41) is 3.19. The minimum Gasteiger partial charge on any atom is -0.331 e. The lowest BCUT2D eigenvalue weighted by Gasteiger charge is -2.25. The molecule has 2 aliphatic rings. The Kier molecular flexibility index (Phi) is 3.05. The van der Waals surface area contributed by atoms with E-state index in [1.807, 2.05) is 0 Å². The predicted molar refractivity (Wildman–Crippen MR) is 56.4 cm³/mol. The van der Waals surface area contributed by atoms with Crippen molar-refractivity contribution in [2.45, 2.75) is 44.7 Å². The molecule has 0 aromatic heterocycles. The zero-order chi connectivity index (χ0) is 10.8. The largest absolute Gasteiger partial charge is 0.331 e. The summed E-state index contributed by atoms with van der Waals surface area (Å²) in [6, 6.07) is -0.190. The lowest BCUT2D eigenvalue weighted by Crippen LogP contribution is -2.47. The topological polar surface area (TPSA) is 49.4 Å². The summed E-state index contributed by atoms with van der Waals surface area (Å²) < 4.78 is 0. The zero-order valence-corrected chi connectivity index (χ0v) is 9.16. The Bertz CT molecular complexity index is 272. The molecule has 0 saturated carbocycles. The van der Waals surface area contributed by atoms with Crippen LogP contribution in [0.4, 0.5) is 0 Å². The summed E-state index contributed by atoms with van der Waals surface area (Å²) in [7, 11) is 0. The molecule has 0 aliphatic carbocycles. The highest BCUT2D eigenvalue weighted by atomic mass is 16.2. The summed E-state index contributed by atoms with van der Waals surface area (Å²) in [6.07, 6.45) is 3.78. The maximum Gasteiger partial charge on any atom is 0.240 e. The molecule has 2 saturated heterocycles. The van der Waals surface area contributed by atoms with Gasteiger partial charge in [-0.15, -0.1) is 0 Å². The van der Waals surface area contributed by atoms with Crippen molar-refractivity contribution in [2.24, 2.45) is 0 Å². The van der Waals surface area contributed by atoms with Crippen LogP contribution in [0.1, 0.15) is 32.6 Å². The molecule has 2 rings (SSSR count). The third-order valence-electron chi connectivity index (χ3n) is 3.36. The van der Waals surface area contributed by atoms with Crippen LogP contribution in [-0.4, -0.2) is 41.8 Å². The van der Waals surface area contributed by atoms with E-state index in [0.717, 1.165) is 38.8 Å². The first-order valence-corrected chi connectivity index (χ1v) is 5.74. The molecule has 4 heteroatoms. The summed E-state index contributed by atoms with van der Waals surface area (Å²) >= 11 is 0. The van der Waals surface area contributed by atoms with Gasteiger partial charge in [-0.2, -0.15) is 0 Å². The lowest BCUT2D eigenvalue weighted by atomic mass is 10.1. The number of Topliss-reactive ketones (excluding diaryl/α,β-unsaturated/α-hetero) is 1. The molecule has 1 N–H and O–H groups in total. The van der Waals surface area contributed by atoms with Crippen LogP contribution >= 0.6 is 0 Å². The van der Waals surface area contributed by atoms with E-state index in [9.17, 15) is 9.59 Å². The Morgan fingerprint density at radius 2 is 2.07 bits per heavy atom. The van der Waals surface area contributed by atoms with Crippen molar-refractivity contribution < 1.29 is 9.59 Å². The molecule has 0 aromatic carbocycles. The summed E-state index contributed by atoms with van der Waals surface area (Å²) in [5.74, 6) is 0.254. The quantitative estimate of drug-likeness (QED) is 0.714. The SMILES string of the molecule is CC(=O)C1CCCN1C(=O)C1CCCN1. The third-order valence-corrected chi connectivity index (χ3v) is 3.36. The molecule has 4 nitrogen and oxygen atoms in total. The van der Waals surface area contributed by atoms with Gasteiger partial charge in [-0.25, -0.2) is 0 Å². The molecule has 1 amide bonds. The van der Waals surface area contributed by atoms with E-state index in [4.69, 9.17) is 0 Å². The van der Waals surface area contributed by atoms with Crippen LogP contribution in [-0.2, 0) is 9.59 Å². The van der Waals surface area contributed by atoms with Crippen LogP contribution in [0.2, 0.25) is 0 Å². The second-order valence-corrected chi connectivity index (χ2v) is 4.45. The molecule has 0 spiro atoms. The Morgan fingerprint density at radius 1 is 1.27 bits per heavy atom. The van der Waals surface area contributed by atoms with Gasteiger partial charge >= 0.3 is 0 Å². The molecule has 84 valence electrons. The van der Waals surface area contributed by atoms with E-state index < -0.39 is 0 Å². The van der Waals surface area contributed by atoms with Crippen LogP contribution < -0.4 is 5.32 Å². The van der Waals surface area contributed by atoms with Gasteiger partial charge in [0, 0.05) is 6.54 Å².